The summed E-state index contributed by atoms with van der Waals surface area (Å²) in [6.07, 6.45) is 9.12. The minimum Gasteiger partial charge on any atom is -0.367 e. The van der Waals surface area contributed by atoms with Gasteiger partial charge in [0.25, 0.3) is 0 Å². The third-order valence-electron chi connectivity index (χ3n) is 5.40. The number of ether oxygens (including phenoxy) is 1. The number of anilines is 1. The standard InChI is InChI=1S/C20H27N5O/c1-20(7-3-5-13-26-20)19-22-14-17(15-23-19)16-24-9-11-25(12-10-24)18-6-2-4-8-21-18/h2,4,6,8,14-15H,3,5,7,9-13,16H2,1H3/t20-/m1/s1. The first kappa shape index (κ1) is 17.4. The minimum atomic E-state index is -0.314. The zero-order valence-electron chi connectivity index (χ0n) is 15.5. The molecule has 2 saturated heterocycles. The molecule has 0 spiro atoms. The van der Waals surface area contributed by atoms with Crippen LogP contribution in [-0.4, -0.2) is 52.6 Å². The van der Waals surface area contributed by atoms with E-state index in [9.17, 15) is 0 Å². The van der Waals surface area contributed by atoms with E-state index in [0.29, 0.717) is 0 Å². The molecule has 2 aromatic heterocycles. The molecule has 6 heteroatoms. The van der Waals surface area contributed by atoms with E-state index in [1.165, 1.54) is 12.0 Å². The first-order valence-corrected chi connectivity index (χ1v) is 9.57. The van der Waals surface area contributed by atoms with E-state index in [1.54, 1.807) is 0 Å². The molecule has 0 aliphatic carbocycles. The Hall–Kier alpha value is -2.05. The van der Waals surface area contributed by atoms with E-state index in [0.717, 1.165) is 63.8 Å². The molecule has 4 rings (SSSR count). The van der Waals surface area contributed by atoms with Crippen molar-refractivity contribution in [2.24, 2.45) is 0 Å². The summed E-state index contributed by atoms with van der Waals surface area (Å²) in [5.74, 6) is 1.89. The van der Waals surface area contributed by atoms with Crippen LogP contribution < -0.4 is 4.90 Å². The number of hydrogen-bond acceptors (Lipinski definition) is 6. The fourth-order valence-electron chi connectivity index (χ4n) is 3.75. The highest BCUT2D eigenvalue weighted by atomic mass is 16.5. The summed E-state index contributed by atoms with van der Waals surface area (Å²) in [6, 6.07) is 6.09. The molecule has 0 bridgehead atoms. The molecule has 0 saturated carbocycles. The van der Waals surface area contributed by atoms with Gasteiger partial charge in [-0.05, 0) is 38.3 Å². The number of rotatable bonds is 4. The van der Waals surface area contributed by atoms with E-state index in [4.69, 9.17) is 4.74 Å². The lowest BCUT2D eigenvalue weighted by Crippen LogP contribution is -2.46. The molecule has 2 fully saturated rings. The van der Waals surface area contributed by atoms with Crippen molar-refractivity contribution in [1.29, 1.82) is 0 Å². The first-order chi connectivity index (χ1) is 12.7. The molecule has 0 unspecified atom stereocenters. The summed E-state index contributed by atoms with van der Waals surface area (Å²) < 4.78 is 5.95. The van der Waals surface area contributed by atoms with E-state index in [2.05, 4.69) is 37.7 Å². The van der Waals surface area contributed by atoms with Crippen molar-refractivity contribution in [3.63, 3.8) is 0 Å². The molecule has 0 amide bonds. The lowest BCUT2D eigenvalue weighted by atomic mass is 9.95. The summed E-state index contributed by atoms with van der Waals surface area (Å²) in [6.45, 7) is 7.87. The zero-order valence-corrected chi connectivity index (χ0v) is 15.5. The van der Waals surface area contributed by atoms with Gasteiger partial charge in [0.2, 0.25) is 0 Å². The van der Waals surface area contributed by atoms with Crippen molar-refractivity contribution in [3.05, 3.63) is 48.2 Å². The molecule has 6 nitrogen and oxygen atoms in total. The van der Waals surface area contributed by atoms with Crippen molar-refractivity contribution in [2.45, 2.75) is 38.3 Å². The first-order valence-electron chi connectivity index (χ1n) is 9.57. The maximum Gasteiger partial charge on any atom is 0.159 e. The smallest absolute Gasteiger partial charge is 0.159 e. The average molecular weight is 353 g/mol. The quantitative estimate of drug-likeness (QED) is 0.842. The molecule has 4 heterocycles. The number of piperazine rings is 1. The third-order valence-corrected chi connectivity index (χ3v) is 5.40. The van der Waals surface area contributed by atoms with Gasteiger partial charge in [0.15, 0.2) is 5.82 Å². The molecule has 0 aromatic carbocycles. The minimum absolute atomic E-state index is 0.314. The summed E-state index contributed by atoms with van der Waals surface area (Å²) >= 11 is 0. The highest BCUT2D eigenvalue weighted by Crippen LogP contribution is 2.32. The zero-order chi connectivity index (χ0) is 17.8. The molecule has 2 aromatic rings. The van der Waals surface area contributed by atoms with Crippen LogP contribution in [0.3, 0.4) is 0 Å². The Bertz CT molecular complexity index is 692. The Morgan fingerprint density at radius 3 is 2.50 bits per heavy atom. The van der Waals surface area contributed by atoms with Gasteiger partial charge in [-0.2, -0.15) is 0 Å². The SMILES string of the molecule is C[C@]1(c2ncc(CN3CCN(c4ccccn4)CC3)cn2)CCCCO1. The van der Waals surface area contributed by atoms with Crippen LogP contribution in [0.4, 0.5) is 5.82 Å². The van der Waals surface area contributed by atoms with Crippen LogP contribution in [-0.2, 0) is 16.9 Å². The molecular formula is C20H27N5O. The normalized spacial score (nSPS) is 24.6. The molecule has 0 N–H and O–H groups in total. The monoisotopic (exact) mass is 353 g/mol. The van der Waals surface area contributed by atoms with Crippen molar-refractivity contribution in [1.82, 2.24) is 19.9 Å². The maximum atomic E-state index is 5.95. The van der Waals surface area contributed by atoms with Crippen molar-refractivity contribution >= 4 is 5.82 Å². The average Bonchev–Trinajstić information content (AvgIpc) is 2.70. The Balaban J connectivity index is 1.32. The van der Waals surface area contributed by atoms with Gasteiger partial charge in [0.05, 0.1) is 0 Å². The van der Waals surface area contributed by atoms with Crippen LogP contribution in [0.5, 0.6) is 0 Å². The maximum absolute atomic E-state index is 5.95. The number of nitrogens with zero attached hydrogens (tertiary/aromatic N) is 5. The Morgan fingerprint density at radius 2 is 1.85 bits per heavy atom. The van der Waals surface area contributed by atoms with E-state index in [1.807, 2.05) is 30.7 Å². The molecule has 0 radical (unpaired) electrons. The topological polar surface area (TPSA) is 54.4 Å². The van der Waals surface area contributed by atoms with Crippen LogP contribution in [0.15, 0.2) is 36.8 Å². The van der Waals surface area contributed by atoms with Gasteiger partial charge in [-0.1, -0.05) is 6.07 Å². The van der Waals surface area contributed by atoms with Crippen LogP contribution in [0.1, 0.15) is 37.6 Å². The highest BCUT2D eigenvalue weighted by Gasteiger charge is 2.32. The molecular weight excluding hydrogens is 326 g/mol. The van der Waals surface area contributed by atoms with Gasteiger partial charge in [-0.25, -0.2) is 15.0 Å². The van der Waals surface area contributed by atoms with Crippen LogP contribution in [0, 0.1) is 0 Å². The van der Waals surface area contributed by atoms with Gasteiger partial charge < -0.3 is 9.64 Å². The second kappa shape index (κ2) is 7.68. The molecule has 1 atom stereocenters. The molecule has 2 aliphatic heterocycles. The Kier molecular flexibility index (Phi) is 5.13. The van der Waals surface area contributed by atoms with E-state index in [-0.39, 0.29) is 5.60 Å². The summed E-state index contributed by atoms with van der Waals surface area (Å²) in [7, 11) is 0. The lowest BCUT2D eigenvalue weighted by Gasteiger charge is -2.35. The van der Waals surface area contributed by atoms with Crippen molar-refractivity contribution < 1.29 is 4.74 Å². The van der Waals surface area contributed by atoms with Crippen molar-refractivity contribution in [3.8, 4) is 0 Å². The molecule has 138 valence electrons. The van der Waals surface area contributed by atoms with Gasteiger partial charge in [0, 0.05) is 63.5 Å². The Morgan fingerprint density at radius 1 is 1.04 bits per heavy atom. The number of aromatic nitrogens is 3. The third kappa shape index (κ3) is 3.86. The summed E-state index contributed by atoms with van der Waals surface area (Å²) in [4.78, 5) is 18.5. The highest BCUT2D eigenvalue weighted by molar-refractivity contribution is 5.38. The fraction of sp³-hybridized carbons (Fsp3) is 0.550. The second-order valence-electron chi connectivity index (χ2n) is 7.40. The van der Waals surface area contributed by atoms with Gasteiger partial charge >= 0.3 is 0 Å². The summed E-state index contributed by atoms with van der Waals surface area (Å²) in [5.41, 5.74) is 0.852. The van der Waals surface area contributed by atoms with Crippen LogP contribution in [0.2, 0.25) is 0 Å². The number of hydrogen-bond donors (Lipinski definition) is 0. The predicted octanol–water partition coefficient (Wildman–Crippen LogP) is 2.61. The number of pyridine rings is 1. The molecule has 2 aliphatic rings. The second-order valence-corrected chi connectivity index (χ2v) is 7.40. The lowest BCUT2D eigenvalue weighted by molar-refractivity contribution is -0.0761. The van der Waals surface area contributed by atoms with Crippen molar-refractivity contribution in [2.75, 3.05) is 37.7 Å². The van der Waals surface area contributed by atoms with Crippen LogP contribution >= 0.6 is 0 Å². The molecule has 26 heavy (non-hydrogen) atoms. The van der Waals surface area contributed by atoms with Gasteiger partial charge in [0.1, 0.15) is 11.4 Å². The summed E-state index contributed by atoms with van der Waals surface area (Å²) in [5, 5.41) is 0. The van der Waals surface area contributed by atoms with E-state index < -0.39 is 0 Å². The fourth-order valence-corrected chi connectivity index (χ4v) is 3.75. The van der Waals surface area contributed by atoms with Gasteiger partial charge in [-0.15, -0.1) is 0 Å². The van der Waals surface area contributed by atoms with Crippen LogP contribution in [0.25, 0.3) is 0 Å². The predicted molar refractivity (Wildman–Crippen MR) is 101 cm³/mol. The largest absolute Gasteiger partial charge is 0.367 e. The van der Waals surface area contributed by atoms with E-state index >= 15 is 0 Å². The van der Waals surface area contributed by atoms with Gasteiger partial charge in [-0.3, -0.25) is 4.90 Å². The Labute approximate surface area is 155 Å².